The zero-order valence-electron chi connectivity index (χ0n) is 10.8. The summed E-state index contributed by atoms with van der Waals surface area (Å²) < 4.78 is 47.3. The van der Waals surface area contributed by atoms with Gasteiger partial charge in [0.2, 0.25) is 9.84 Å². The van der Waals surface area contributed by atoms with Crippen molar-refractivity contribution in [1.29, 1.82) is 0 Å². The van der Waals surface area contributed by atoms with Crippen LogP contribution in [0.3, 0.4) is 0 Å². The quantitative estimate of drug-likeness (QED) is 0.902. The van der Waals surface area contributed by atoms with Crippen molar-refractivity contribution in [3.8, 4) is 0 Å². The molecule has 2 aromatic rings. The smallest absolute Gasteiger partial charge is 0.341 e. The van der Waals surface area contributed by atoms with Crippen molar-refractivity contribution < 1.29 is 17.2 Å². The standard InChI is InChI=1S/C14H12ClF2NO2S/c15-11-3-1-10(2-4-11)9-18-12-5-7-13(8-6-12)21(19,20)14(16)17/h1-8,14,18H,9H2. The summed E-state index contributed by atoms with van der Waals surface area (Å²) in [6.45, 7) is 0.512. The molecule has 0 saturated heterocycles. The number of alkyl halides is 2. The van der Waals surface area contributed by atoms with Gasteiger partial charge in [-0.05, 0) is 42.0 Å². The third-order valence-corrected chi connectivity index (χ3v) is 4.48. The fourth-order valence-corrected chi connectivity index (χ4v) is 2.52. The Bertz CT molecular complexity index is 701. The first kappa shape index (κ1) is 15.7. The van der Waals surface area contributed by atoms with Crippen molar-refractivity contribution in [2.24, 2.45) is 0 Å². The second-order valence-electron chi connectivity index (χ2n) is 4.31. The third kappa shape index (κ3) is 3.92. The van der Waals surface area contributed by atoms with E-state index in [0.29, 0.717) is 17.3 Å². The summed E-state index contributed by atoms with van der Waals surface area (Å²) in [4.78, 5) is -0.394. The highest BCUT2D eigenvalue weighted by Gasteiger charge is 2.26. The summed E-state index contributed by atoms with van der Waals surface area (Å²) in [5.41, 5.74) is 1.63. The SMILES string of the molecule is O=S(=O)(c1ccc(NCc2ccc(Cl)cc2)cc1)C(F)F. The van der Waals surface area contributed by atoms with Crippen LogP contribution < -0.4 is 5.32 Å². The number of benzene rings is 2. The molecule has 0 fully saturated rings. The van der Waals surface area contributed by atoms with Crippen molar-refractivity contribution in [3.63, 3.8) is 0 Å². The Hall–Kier alpha value is -1.66. The molecule has 0 unspecified atom stereocenters. The first-order chi connectivity index (χ1) is 9.89. The minimum atomic E-state index is -4.54. The number of sulfone groups is 1. The Morgan fingerprint density at radius 1 is 1.00 bits per heavy atom. The molecule has 0 aromatic heterocycles. The summed E-state index contributed by atoms with van der Waals surface area (Å²) in [5.74, 6) is -3.41. The van der Waals surface area contributed by atoms with Gasteiger partial charge >= 0.3 is 5.76 Å². The van der Waals surface area contributed by atoms with Gasteiger partial charge < -0.3 is 5.32 Å². The zero-order valence-corrected chi connectivity index (χ0v) is 12.3. The molecule has 0 amide bonds. The molecular weight excluding hydrogens is 320 g/mol. The number of hydrogen-bond donors (Lipinski definition) is 1. The maximum atomic E-state index is 12.4. The van der Waals surface area contributed by atoms with Crippen LogP contribution in [-0.2, 0) is 16.4 Å². The fourth-order valence-electron chi connectivity index (χ4n) is 1.67. The topological polar surface area (TPSA) is 46.2 Å². The highest BCUT2D eigenvalue weighted by atomic mass is 35.5. The zero-order chi connectivity index (χ0) is 15.5. The van der Waals surface area contributed by atoms with Gasteiger partial charge in [0.25, 0.3) is 0 Å². The first-order valence-corrected chi connectivity index (χ1v) is 7.92. The molecule has 0 atom stereocenters. The van der Waals surface area contributed by atoms with Gasteiger partial charge in [-0.25, -0.2) is 8.42 Å². The maximum absolute atomic E-state index is 12.4. The molecule has 7 heteroatoms. The van der Waals surface area contributed by atoms with E-state index >= 15 is 0 Å². The van der Waals surface area contributed by atoms with E-state index < -0.39 is 20.5 Å². The van der Waals surface area contributed by atoms with Gasteiger partial charge in [-0.3, -0.25) is 0 Å². The molecule has 0 spiro atoms. The van der Waals surface area contributed by atoms with Crippen LogP contribution >= 0.6 is 11.6 Å². The molecule has 0 aliphatic carbocycles. The summed E-state index contributed by atoms with van der Waals surface area (Å²) in [6.07, 6.45) is 0. The van der Waals surface area contributed by atoms with Gasteiger partial charge in [0.1, 0.15) is 0 Å². The van der Waals surface area contributed by atoms with E-state index in [1.54, 1.807) is 12.1 Å². The minimum absolute atomic E-state index is 0.394. The van der Waals surface area contributed by atoms with E-state index in [-0.39, 0.29) is 0 Å². The lowest BCUT2D eigenvalue weighted by Gasteiger charge is -2.08. The van der Waals surface area contributed by atoms with Gasteiger partial charge in [0.05, 0.1) is 4.90 Å². The molecule has 3 nitrogen and oxygen atoms in total. The van der Waals surface area contributed by atoms with Gasteiger partial charge in [-0.1, -0.05) is 23.7 Å². The lowest BCUT2D eigenvalue weighted by Crippen LogP contribution is -2.11. The Labute approximate surface area is 126 Å². The average molecular weight is 332 g/mol. The molecule has 1 N–H and O–H groups in total. The Balaban J connectivity index is 2.05. The summed E-state index contributed by atoms with van der Waals surface area (Å²) in [7, 11) is -4.54. The molecule has 21 heavy (non-hydrogen) atoms. The molecule has 0 aliphatic rings. The molecule has 0 heterocycles. The summed E-state index contributed by atoms with van der Waals surface area (Å²) in [5, 5.41) is 3.70. The minimum Gasteiger partial charge on any atom is -0.381 e. The monoisotopic (exact) mass is 331 g/mol. The van der Waals surface area contributed by atoms with Crippen LogP contribution in [0.15, 0.2) is 53.4 Å². The van der Waals surface area contributed by atoms with E-state index in [1.165, 1.54) is 12.1 Å². The summed E-state index contributed by atoms with van der Waals surface area (Å²) in [6, 6.07) is 12.4. The number of hydrogen-bond acceptors (Lipinski definition) is 3. The van der Waals surface area contributed by atoms with Crippen molar-refractivity contribution in [2.45, 2.75) is 17.2 Å². The molecular formula is C14H12ClF2NO2S. The van der Waals surface area contributed by atoms with Gasteiger partial charge in [-0.15, -0.1) is 0 Å². The van der Waals surface area contributed by atoms with E-state index in [0.717, 1.165) is 17.7 Å². The predicted molar refractivity (Wildman–Crippen MR) is 78.4 cm³/mol. The molecule has 0 radical (unpaired) electrons. The highest BCUT2D eigenvalue weighted by molar-refractivity contribution is 7.91. The van der Waals surface area contributed by atoms with Crippen LogP contribution in [0.2, 0.25) is 5.02 Å². The van der Waals surface area contributed by atoms with Crippen LogP contribution in [-0.4, -0.2) is 14.2 Å². The predicted octanol–water partition coefficient (Wildman–Crippen LogP) is 3.95. The van der Waals surface area contributed by atoms with Crippen molar-refractivity contribution in [1.82, 2.24) is 0 Å². The first-order valence-electron chi connectivity index (χ1n) is 6.00. The average Bonchev–Trinajstić information content (AvgIpc) is 2.47. The van der Waals surface area contributed by atoms with Gasteiger partial charge in [0, 0.05) is 17.3 Å². The maximum Gasteiger partial charge on any atom is 0.341 e. The Morgan fingerprint density at radius 2 is 1.57 bits per heavy atom. The van der Waals surface area contributed by atoms with Crippen molar-refractivity contribution in [3.05, 3.63) is 59.1 Å². The lowest BCUT2D eigenvalue weighted by atomic mass is 10.2. The largest absolute Gasteiger partial charge is 0.381 e. The Kier molecular flexibility index (Phi) is 4.80. The molecule has 0 aliphatic heterocycles. The second kappa shape index (κ2) is 6.41. The molecule has 0 bridgehead atoms. The second-order valence-corrected chi connectivity index (χ2v) is 6.66. The number of nitrogens with one attached hydrogen (secondary N) is 1. The fraction of sp³-hybridized carbons (Fsp3) is 0.143. The normalized spacial score (nSPS) is 11.6. The van der Waals surface area contributed by atoms with Crippen molar-refractivity contribution in [2.75, 3.05) is 5.32 Å². The van der Waals surface area contributed by atoms with E-state index in [9.17, 15) is 17.2 Å². The molecule has 0 saturated carbocycles. The molecule has 112 valence electrons. The van der Waals surface area contributed by atoms with Gasteiger partial charge in [-0.2, -0.15) is 8.78 Å². The number of anilines is 1. The van der Waals surface area contributed by atoms with E-state index in [4.69, 9.17) is 11.6 Å². The molecule has 2 rings (SSSR count). The molecule has 2 aromatic carbocycles. The number of rotatable bonds is 5. The van der Waals surface area contributed by atoms with Crippen LogP contribution in [0.1, 0.15) is 5.56 Å². The Morgan fingerprint density at radius 3 is 2.10 bits per heavy atom. The lowest BCUT2D eigenvalue weighted by molar-refractivity contribution is 0.234. The van der Waals surface area contributed by atoms with Crippen molar-refractivity contribution >= 4 is 27.1 Å². The summed E-state index contributed by atoms with van der Waals surface area (Å²) >= 11 is 5.78. The van der Waals surface area contributed by atoms with Gasteiger partial charge in [0.15, 0.2) is 0 Å². The van der Waals surface area contributed by atoms with E-state index in [1.807, 2.05) is 12.1 Å². The van der Waals surface area contributed by atoms with Crippen LogP contribution in [0.25, 0.3) is 0 Å². The van der Waals surface area contributed by atoms with Crippen LogP contribution in [0.4, 0.5) is 14.5 Å². The number of halogens is 3. The van der Waals surface area contributed by atoms with E-state index in [2.05, 4.69) is 5.32 Å². The third-order valence-electron chi connectivity index (χ3n) is 2.83. The van der Waals surface area contributed by atoms with Crippen LogP contribution in [0, 0.1) is 0 Å². The highest BCUT2D eigenvalue weighted by Crippen LogP contribution is 2.20. The van der Waals surface area contributed by atoms with Crippen LogP contribution in [0.5, 0.6) is 0 Å².